The molecule has 2 unspecified atom stereocenters. The Morgan fingerprint density at radius 1 is 1.10 bits per heavy atom. The van der Waals surface area contributed by atoms with E-state index in [1.54, 1.807) is 6.20 Å². The second-order valence-electron chi connectivity index (χ2n) is 6.40. The first-order valence-corrected chi connectivity index (χ1v) is 7.95. The molecule has 2 atom stereocenters. The zero-order valence-corrected chi connectivity index (χ0v) is 12.1. The molecule has 4 rings (SSSR count). The standard InChI is InChI=1S/C18H20N2O/c21-18(13-10-14-5-3-6-15(11-13)20-14)17-16-7-2-1-4-12(16)8-9-19-17/h1-2,4,7-9,13-15,20H,3,5-6,10-11H2. The van der Waals surface area contributed by atoms with Crippen LogP contribution in [0.4, 0.5) is 0 Å². The highest BCUT2D eigenvalue weighted by molar-refractivity contribution is 6.07. The van der Waals surface area contributed by atoms with Crippen molar-refractivity contribution in [1.82, 2.24) is 10.3 Å². The number of pyridine rings is 1. The zero-order chi connectivity index (χ0) is 14.2. The minimum Gasteiger partial charge on any atom is -0.311 e. The topological polar surface area (TPSA) is 42.0 Å². The number of hydrogen-bond acceptors (Lipinski definition) is 3. The summed E-state index contributed by atoms with van der Waals surface area (Å²) >= 11 is 0. The average molecular weight is 280 g/mol. The predicted molar refractivity (Wildman–Crippen MR) is 83.4 cm³/mol. The van der Waals surface area contributed by atoms with E-state index >= 15 is 0 Å². The molecular formula is C18H20N2O. The lowest BCUT2D eigenvalue weighted by Crippen LogP contribution is -2.50. The highest BCUT2D eigenvalue weighted by atomic mass is 16.1. The first-order valence-electron chi connectivity index (χ1n) is 7.95. The molecule has 2 bridgehead atoms. The van der Waals surface area contributed by atoms with Crippen LogP contribution < -0.4 is 5.32 Å². The first-order chi connectivity index (χ1) is 10.3. The molecule has 0 saturated carbocycles. The average Bonchev–Trinajstić information content (AvgIpc) is 2.53. The molecule has 2 fully saturated rings. The van der Waals surface area contributed by atoms with E-state index in [0.717, 1.165) is 23.6 Å². The van der Waals surface area contributed by atoms with Gasteiger partial charge in [-0.3, -0.25) is 9.78 Å². The maximum atomic E-state index is 13.0. The Morgan fingerprint density at radius 2 is 1.86 bits per heavy atom. The number of aromatic nitrogens is 1. The summed E-state index contributed by atoms with van der Waals surface area (Å²) in [7, 11) is 0. The van der Waals surface area contributed by atoms with Gasteiger partial charge in [-0.15, -0.1) is 0 Å². The van der Waals surface area contributed by atoms with Crippen LogP contribution in [-0.4, -0.2) is 22.9 Å². The smallest absolute Gasteiger partial charge is 0.184 e. The quantitative estimate of drug-likeness (QED) is 0.858. The van der Waals surface area contributed by atoms with Crippen LogP contribution in [0.5, 0.6) is 0 Å². The van der Waals surface area contributed by atoms with Crippen LogP contribution in [0.2, 0.25) is 0 Å². The molecule has 0 spiro atoms. The normalized spacial score (nSPS) is 28.5. The van der Waals surface area contributed by atoms with E-state index in [1.807, 2.05) is 30.3 Å². The molecule has 3 nitrogen and oxygen atoms in total. The Kier molecular flexibility index (Phi) is 3.23. The van der Waals surface area contributed by atoms with Crippen molar-refractivity contribution in [3.05, 3.63) is 42.2 Å². The van der Waals surface area contributed by atoms with Gasteiger partial charge in [0.15, 0.2) is 5.78 Å². The number of nitrogens with zero attached hydrogens (tertiary/aromatic N) is 1. The monoisotopic (exact) mass is 280 g/mol. The summed E-state index contributed by atoms with van der Waals surface area (Å²) in [4.78, 5) is 17.4. The van der Waals surface area contributed by atoms with Crippen LogP contribution in [0.3, 0.4) is 0 Å². The summed E-state index contributed by atoms with van der Waals surface area (Å²) in [5, 5.41) is 5.75. The van der Waals surface area contributed by atoms with Crippen LogP contribution in [-0.2, 0) is 0 Å². The van der Waals surface area contributed by atoms with Gasteiger partial charge in [0.2, 0.25) is 0 Å². The van der Waals surface area contributed by atoms with Gasteiger partial charge in [0, 0.05) is 29.6 Å². The summed E-state index contributed by atoms with van der Waals surface area (Å²) in [6.07, 6.45) is 7.43. The van der Waals surface area contributed by atoms with Crippen molar-refractivity contribution in [1.29, 1.82) is 0 Å². The molecule has 1 N–H and O–H groups in total. The van der Waals surface area contributed by atoms with Crippen molar-refractivity contribution < 1.29 is 4.79 Å². The molecule has 108 valence electrons. The molecular weight excluding hydrogens is 260 g/mol. The van der Waals surface area contributed by atoms with Gasteiger partial charge in [-0.1, -0.05) is 30.7 Å². The lowest BCUT2D eigenvalue weighted by molar-refractivity contribution is 0.0822. The second-order valence-corrected chi connectivity index (χ2v) is 6.40. The fourth-order valence-corrected chi connectivity index (χ4v) is 3.99. The van der Waals surface area contributed by atoms with Gasteiger partial charge in [0.05, 0.1) is 0 Å². The lowest BCUT2D eigenvalue weighted by atomic mass is 9.77. The molecule has 2 aliphatic rings. The molecule has 3 heteroatoms. The zero-order valence-electron chi connectivity index (χ0n) is 12.1. The highest BCUT2D eigenvalue weighted by Gasteiger charge is 2.35. The fraction of sp³-hybridized carbons (Fsp3) is 0.444. The maximum absolute atomic E-state index is 13.0. The molecule has 0 amide bonds. The molecule has 2 aliphatic heterocycles. The molecule has 0 aliphatic carbocycles. The summed E-state index contributed by atoms with van der Waals surface area (Å²) in [6, 6.07) is 11.1. The number of carbonyl (C=O) groups is 1. The highest BCUT2D eigenvalue weighted by Crippen LogP contribution is 2.32. The van der Waals surface area contributed by atoms with Crippen molar-refractivity contribution in [2.45, 2.75) is 44.2 Å². The molecule has 1 aromatic heterocycles. The van der Waals surface area contributed by atoms with Crippen LogP contribution in [0.25, 0.3) is 10.8 Å². The molecule has 1 aromatic carbocycles. The van der Waals surface area contributed by atoms with E-state index in [4.69, 9.17) is 0 Å². The Morgan fingerprint density at radius 3 is 2.67 bits per heavy atom. The third-order valence-electron chi connectivity index (χ3n) is 4.99. The van der Waals surface area contributed by atoms with Crippen LogP contribution >= 0.6 is 0 Å². The molecule has 2 saturated heterocycles. The summed E-state index contributed by atoms with van der Waals surface area (Å²) < 4.78 is 0. The van der Waals surface area contributed by atoms with E-state index in [-0.39, 0.29) is 11.7 Å². The van der Waals surface area contributed by atoms with Crippen molar-refractivity contribution in [3.63, 3.8) is 0 Å². The van der Waals surface area contributed by atoms with Gasteiger partial charge >= 0.3 is 0 Å². The SMILES string of the molecule is O=C(c1nccc2ccccc12)C1CC2CCCC(C1)N2. The van der Waals surface area contributed by atoms with E-state index < -0.39 is 0 Å². The van der Waals surface area contributed by atoms with Crippen molar-refractivity contribution in [2.24, 2.45) is 5.92 Å². The van der Waals surface area contributed by atoms with E-state index in [2.05, 4.69) is 10.3 Å². The van der Waals surface area contributed by atoms with Gasteiger partial charge in [0.25, 0.3) is 0 Å². The minimum atomic E-state index is 0.139. The van der Waals surface area contributed by atoms with E-state index in [1.165, 1.54) is 19.3 Å². The number of Topliss-reactive ketones (excluding diaryl/α,β-unsaturated/α-hetero) is 1. The molecule has 3 heterocycles. The van der Waals surface area contributed by atoms with Crippen molar-refractivity contribution >= 4 is 16.6 Å². The molecule has 21 heavy (non-hydrogen) atoms. The number of rotatable bonds is 2. The summed E-state index contributed by atoms with van der Waals surface area (Å²) in [6.45, 7) is 0. The predicted octanol–water partition coefficient (Wildman–Crippen LogP) is 3.34. The van der Waals surface area contributed by atoms with Gasteiger partial charge in [0.1, 0.15) is 5.69 Å². The van der Waals surface area contributed by atoms with Crippen LogP contribution in [0, 0.1) is 5.92 Å². The third kappa shape index (κ3) is 2.36. The largest absolute Gasteiger partial charge is 0.311 e. The fourth-order valence-electron chi connectivity index (χ4n) is 3.99. The Balaban J connectivity index is 1.67. The van der Waals surface area contributed by atoms with Gasteiger partial charge in [-0.25, -0.2) is 0 Å². The second kappa shape index (κ2) is 5.23. The van der Waals surface area contributed by atoms with Gasteiger partial charge in [-0.05, 0) is 37.1 Å². The number of carbonyl (C=O) groups excluding carboxylic acids is 1. The number of ketones is 1. The minimum absolute atomic E-state index is 0.139. The van der Waals surface area contributed by atoms with E-state index in [9.17, 15) is 4.79 Å². The van der Waals surface area contributed by atoms with Gasteiger partial charge in [-0.2, -0.15) is 0 Å². The van der Waals surface area contributed by atoms with Crippen LogP contribution in [0.1, 0.15) is 42.6 Å². The van der Waals surface area contributed by atoms with E-state index in [0.29, 0.717) is 17.8 Å². The summed E-state index contributed by atoms with van der Waals surface area (Å²) in [5.74, 6) is 0.380. The van der Waals surface area contributed by atoms with Crippen molar-refractivity contribution in [3.8, 4) is 0 Å². The number of benzene rings is 1. The number of piperidine rings is 2. The van der Waals surface area contributed by atoms with Crippen LogP contribution in [0.15, 0.2) is 36.5 Å². The molecule has 2 aromatic rings. The third-order valence-corrected chi connectivity index (χ3v) is 4.99. The number of nitrogens with one attached hydrogen (secondary N) is 1. The van der Waals surface area contributed by atoms with Gasteiger partial charge < -0.3 is 5.32 Å². The number of fused-ring (bicyclic) bond motifs is 3. The van der Waals surface area contributed by atoms with Crippen molar-refractivity contribution in [2.75, 3.05) is 0 Å². The Hall–Kier alpha value is -1.74. The number of hydrogen-bond donors (Lipinski definition) is 1. The first kappa shape index (κ1) is 13.0. The summed E-state index contributed by atoms with van der Waals surface area (Å²) in [5.41, 5.74) is 0.665. The molecule has 0 radical (unpaired) electrons. The maximum Gasteiger partial charge on any atom is 0.184 e. The Bertz CT molecular complexity index is 664. The lowest BCUT2D eigenvalue weighted by Gasteiger charge is -2.39. The Labute approximate surface area is 124 Å².